The molecule has 1 aliphatic heterocycles. The van der Waals surface area contributed by atoms with Crippen LogP contribution in [0, 0.1) is 13.8 Å². The lowest BCUT2D eigenvalue weighted by Gasteiger charge is -2.38. The van der Waals surface area contributed by atoms with Crippen LogP contribution in [0.3, 0.4) is 0 Å². The lowest BCUT2D eigenvalue weighted by molar-refractivity contribution is -0.133. The molecule has 23 heavy (non-hydrogen) atoms. The highest BCUT2D eigenvalue weighted by Gasteiger charge is 2.31. The minimum atomic E-state index is -0.255. The predicted octanol–water partition coefficient (Wildman–Crippen LogP) is 0.845. The van der Waals surface area contributed by atoms with Crippen LogP contribution in [0.15, 0.2) is 24.3 Å². The fourth-order valence-electron chi connectivity index (χ4n) is 2.55. The quantitative estimate of drug-likeness (QED) is 0.911. The van der Waals surface area contributed by atoms with Gasteiger partial charge in [-0.25, -0.2) is 4.68 Å². The Morgan fingerprint density at radius 1 is 1.17 bits per heavy atom. The van der Waals surface area contributed by atoms with E-state index in [1.807, 2.05) is 38.1 Å². The van der Waals surface area contributed by atoms with Crippen LogP contribution in [-0.2, 0) is 4.79 Å². The third-order valence-electron chi connectivity index (χ3n) is 4.05. The average Bonchev–Trinajstić information content (AvgIpc) is 2.84. The monoisotopic (exact) mass is 313 g/mol. The highest BCUT2D eigenvalue weighted by Crippen LogP contribution is 2.14. The summed E-state index contributed by atoms with van der Waals surface area (Å²) in [5.41, 5.74) is 3.02. The van der Waals surface area contributed by atoms with Crippen LogP contribution in [0.25, 0.3) is 5.69 Å². The first kappa shape index (κ1) is 15.2. The van der Waals surface area contributed by atoms with E-state index in [4.69, 9.17) is 0 Å². The zero-order chi connectivity index (χ0) is 16.6. The molecule has 1 aromatic carbocycles. The number of rotatable bonds is 3. The van der Waals surface area contributed by atoms with Crippen LogP contribution < -0.4 is 5.32 Å². The molecule has 7 nitrogen and oxygen atoms in total. The molecule has 1 aliphatic rings. The number of carbonyl (C=O) groups excluding carboxylic acids is 2. The smallest absolute Gasteiger partial charge is 0.274 e. The lowest BCUT2D eigenvalue weighted by Crippen LogP contribution is -2.60. The van der Waals surface area contributed by atoms with E-state index in [9.17, 15) is 9.59 Å². The van der Waals surface area contributed by atoms with Crippen molar-refractivity contribution in [2.45, 2.75) is 26.8 Å². The first-order valence-corrected chi connectivity index (χ1v) is 7.51. The molecular formula is C16H19N5O2. The van der Waals surface area contributed by atoms with Crippen LogP contribution in [0.2, 0.25) is 0 Å². The molecule has 2 heterocycles. The Morgan fingerprint density at radius 2 is 1.83 bits per heavy atom. The SMILES string of the molecule is CC(=O)N1CC(NC(=O)c2nnn(-c3ccc(C)cc3)c2C)C1. The van der Waals surface area contributed by atoms with Gasteiger partial charge >= 0.3 is 0 Å². The summed E-state index contributed by atoms with van der Waals surface area (Å²) in [4.78, 5) is 25.1. The molecule has 120 valence electrons. The van der Waals surface area contributed by atoms with Gasteiger partial charge in [-0.1, -0.05) is 22.9 Å². The third kappa shape index (κ3) is 2.94. The van der Waals surface area contributed by atoms with Crippen molar-refractivity contribution in [3.63, 3.8) is 0 Å². The normalized spacial score (nSPS) is 14.5. The number of amides is 2. The third-order valence-corrected chi connectivity index (χ3v) is 4.05. The van der Waals surface area contributed by atoms with Gasteiger partial charge in [0.1, 0.15) is 0 Å². The maximum absolute atomic E-state index is 12.3. The van der Waals surface area contributed by atoms with E-state index < -0.39 is 0 Å². The summed E-state index contributed by atoms with van der Waals surface area (Å²) in [5, 5.41) is 11.0. The van der Waals surface area contributed by atoms with Crippen molar-refractivity contribution in [2.75, 3.05) is 13.1 Å². The van der Waals surface area contributed by atoms with Crippen molar-refractivity contribution < 1.29 is 9.59 Å². The Hall–Kier alpha value is -2.70. The van der Waals surface area contributed by atoms with Gasteiger partial charge in [0.25, 0.3) is 5.91 Å². The van der Waals surface area contributed by atoms with Crippen molar-refractivity contribution in [2.24, 2.45) is 0 Å². The summed E-state index contributed by atoms with van der Waals surface area (Å²) in [6, 6.07) is 7.84. The lowest BCUT2D eigenvalue weighted by atomic mass is 10.1. The molecule has 1 N–H and O–H groups in total. The summed E-state index contributed by atoms with van der Waals surface area (Å²) in [5.74, 6) is -0.231. The highest BCUT2D eigenvalue weighted by atomic mass is 16.2. The maximum atomic E-state index is 12.3. The summed E-state index contributed by atoms with van der Waals surface area (Å²) in [7, 11) is 0. The van der Waals surface area contributed by atoms with Crippen molar-refractivity contribution in [3.8, 4) is 5.69 Å². The zero-order valence-electron chi connectivity index (χ0n) is 13.4. The second kappa shape index (κ2) is 5.83. The number of hydrogen-bond donors (Lipinski definition) is 1. The van der Waals surface area contributed by atoms with E-state index in [0.717, 1.165) is 11.3 Å². The molecule has 2 amide bonds. The molecule has 0 unspecified atom stereocenters. The van der Waals surface area contributed by atoms with E-state index >= 15 is 0 Å². The van der Waals surface area contributed by atoms with Gasteiger partial charge in [-0.2, -0.15) is 0 Å². The van der Waals surface area contributed by atoms with Crippen molar-refractivity contribution in [3.05, 3.63) is 41.2 Å². The zero-order valence-corrected chi connectivity index (χ0v) is 13.4. The molecule has 0 radical (unpaired) electrons. The number of carbonyl (C=O) groups is 2. The number of nitrogens with zero attached hydrogens (tertiary/aromatic N) is 4. The van der Waals surface area contributed by atoms with E-state index in [2.05, 4.69) is 15.6 Å². The van der Waals surface area contributed by atoms with Crippen molar-refractivity contribution in [1.29, 1.82) is 0 Å². The van der Waals surface area contributed by atoms with Crippen LogP contribution in [0.5, 0.6) is 0 Å². The summed E-state index contributed by atoms with van der Waals surface area (Å²) < 4.78 is 1.65. The van der Waals surface area contributed by atoms with E-state index in [1.165, 1.54) is 6.92 Å². The van der Waals surface area contributed by atoms with E-state index in [0.29, 0.717) is 24.5 Å². The molecule has 2 aromatic rings. The van der Waals surface area contributed by atoms with Gasteiger partial charge in [-0.3, -0.25) is 9.59 Å². The highest BCUT2D eigenvalue weighted by molar-refractivity contribution is 5.93. The summed E-state index contributed by atoms with van der Waals surface area (Å²) in [6.45, 7) is 6.45. The van der Waals surface area contributed by atoms with Crippen molar-refractivity contribution in [1.82, 2.24) is 25.2 Å². The molecule has 7 heteroatoms. The van der Waals surface area contributed by atoms with Gasteiger partial charge in [0, 0.05) is 20.0 Å². The summed E-state index contributed by atoms with van der Waals surface area (Å²) >= 11 is 0. The molecule has 1 fully saturated rings. The van der Waals surface area contributed by atoms with Gasteiger partial charge in [0.15, 0.2) is 5.69 Å². The number of benzene rings is 1. The fraction of sp³-hybridized carbons (Fsp3) is 0.375. The van der Waals surface area contributed by atoms with Crippen molar-refractivity contribution >= 4 is 11.8 Å². The molecular weight excluding hydrogens is 294 g/mol. The molecule has 0 saturated carbocycles. The Bertz CT molecular complexity index is 744. The molecule has 0 aliphatic carbocycles. The fourth-order valence-corrected chi connectivity index (χ4v) is 2.55. The molecule has 0 bridgehead atoms. The minimum Gasteiger partial charge on any atom is -0.344 e. The molecule has 0 atom stereocenters. The van der Waals surface area contributed by atoms with E-state index in [-0.39, 0.29) is 17.9 Å². The average molecular weight is 313 g/mol. The van der Waals surface area contributed by atoms with Crippen LogP contribution >= 0.6 is 0 Å². The topological polar surface area (TPSA) is 80.1 Å². The summed E-state index contributed by atoms with van der Waals surface area (Å²) in [6.07, 6.45) is 0. The van der Waals surface area contributed by atoms with Gasteiger partial charge in [0.05, 0.1) is 17.4 Å². The molecule has 1 aromatic heterocycles. The number of nitrogens with one attached hydrogen (secondary N) is 1. The van der Waals surface area contributed by atoms with Gasteiger partial charge in [-0.15, -0.1) is 5.10 Å². The number of hydrogen-bond acceptors (Lipinski definition) is 4. The molecule has 0 spiro atoms. The number of likely N-dealkylation sites (tertiary alicyclic amines) is 1. The standard InChI is InChI=1S/C16H19N5O2/c1-10-4-6-14(7-5-10)21-11(2)15(18-19-21)16(23)17-13-8-20(9-13)12(3)22/h4-7,13H,8-9H2,1-3H3,(H,17,23). The van der Waals surface area contributed by atoms with Gasteiger partial charge in [-0.05, 0) is 26.0 Å². The number of aryl methyl sites for hydroxylation is 1. The Balaban J connectivity index is 1.70. The van der Waals surface area contributed by atoms with E-state index in [1.54, 1.807) is 9.58 Å². The Kier molecular flexibility index (Phi) is 3.85. The molecule has 1 saturated heterocycles. The van der Waals surface area contributed by atoms with Crippen LogP contribution in [-0.4, -0.2) is 50.8 Å². The maximum Gasteiger partial charge on any atom is 0.274 e. The van der Waals surface area contributed by atoms with Crippen LogP contribution in [0.4, 0.5) is 0 Å². The molecule has 3 rings (SSSR count). The first-order chi connectivity index (χ1) is 11.0. The number of aromatic nitrogens is 3. The van der Waals surface area contributed by atoms with Gasteiger partial charge in [0.2, 0.25) is 5.91 Å². The second-order valence-corrected chi connectivity index (χ2v) is 5.87. The largest absolute Gasteiger partial charge is 0.344 e. The predicted molar refractivity (Wildman–Crippen MR) is 84.3 cm³/mol. The minimum absolute atomic E-state index is 0.0182. The Labute approximate surface area is 134 Å². The van der Waals surface area contributed by atoms with Crippen LogP contribution in [0.1, 0.15) is 28.7 Å². The second-order valence-electron chi connectivity index (χ2n) is 5.87. The Morgan fingerprint density at radius 3 is 2.43 bits per heavy atom. The van der Waals surface area contributed by atoms with Gasteiger partial charge < -0.3 is 10.2 Å². The first-order valence-electron chi connectivity index (χ1n) is 7.51.